The summed E-state index contributed by atoms with van der Waals surface area (Å²) >= 11 is 0. The Kier molecular flexibility index (Phi) is 10.1. The molecule has 0 aromatic heterocycles. The zero-order valence-corrected chi connectivity index (χ0v) is 20.4. The average Bonchev–Trinajstić information content (AvgIpc) is 2.74. The van der Waals surface area contributed by atoms with Crippen molar-refractivity contribution in [1.82, 2.24) is 0 Å². The van der Waals surface area contributed by atoms with Crippen LogP contribution in [0.15, 0.2) is 29.2 Å². The van der Waals surface area contributed by atoms with Crippen LogP contribution in [-0.4, -0.2) is 45.7 Å². The van der Waals surface area contributed by atoms with E-state index in [0.717, 1.165) is 31.2 Å². The number of hydrogen-bond donors (Lipinski definition) is 0. The largest absolute Gasteiger partial charge is 0.464 e. The standard InChI is InChI=1S/C22H34O7PS/c1-4-27-21(23)22(28-5-2,15-19-9-7-6-8-10-19)16-30(24)17-29-31(25,26)20-13-11-18(3)12-14-20/h11-14,19H,4-10,15-17H2,1-3H3/q+1. The van der Waals surface area contributed by atoms with Gasteiger partial charge in [0.2, 0.25) is 5.60 Å². The third-order valence-electron chi connectivity index (χ3n) is 5.50. The first-order chi connectivity index (χ1) is 14.7. The molecule has 9 heteroatoms. The van der Waals surface area contributed by atoms with Crippen molar-refractivity contribution in [1.29, 1.82) is 0 Å². The van der Waals surface area contributed by atoms with Crippen LogP contribution in [0.5, 0.6) is 0 Å². The summed E-state index contributed by atoms with van der Waals surface area (Å²) in [4.78, 5) is 12.9. The van der Waals surface area contributed by atoms with Crippen LogP contribution >= 0.6 is 7.80 Å². The minimum atomic E-state index is -4.04. The fraction of sp³-hybridized carbons (Fsp3) is 0.682. The van der Waals surface area contributed by atoms with Crippen molar-refractivity contribution in [2.45, 2.75) is 69.8 Å². The van der Waals surface area contributed by atoms with E-state index in [9.17, 15) is 17.8 Å². The van der Waals surface area contributed by atoms with Gasteiger partial charge >= 0.3 is 23.9 Å². The van der Waals surface area contributed by atoms with Gasteiger partial charge in [0.05, 0.1) is 11.5 Å². The molecule has 0 spiro atoms. The molecule has 0 saturated heterocycles. The van der Waals surface area contributed by atoms with Crippen LogP contribution in [0, 0.1) is 12.8 Å². The highest BCUT2D eigenvalue weighted by atomic mass is 32.2. The van der Waals surface area contributed by atoms with E-state index in [2.05, 4.69) is 0 Å². The molecule has 7 nitrogen and oxygen atoms in total. The van der Waals surface area contributed by atoms with Crippen LogP contribution in [0.3, 0.4) is 0 Å². The second-order valence-corrected chi connectivity index (χ2v) is 11.2. The lowest BCUT2D eigenvalue weighted by atomic mass is 9.81. The van der Waals surface area contributed by atoms with Crippen LogP contribution < -0.4 is 0 Å². The Labute approximate surface area is 186 Å². The van der Waals surface area contributed by atoms with Gasteiger partial charge in [-0.25, -0.2) is 8.98 Å². The normalized spacial score (nSPS) is 17.7. The number of carbonyl (C=O) groups is 1. The first kappa shape index (κ1) is 25.9. The van der Waals surface area contributed by atoms with Crippen LogP contribution in [0.1, 0.15) is 57.9 Å². The van der Waals surface area contributed by atoms with E-state index in [4.69, 9.17) is 13.7 Å². The maximum absolute atomic E-state index is 12.9. The molecule has 2 unspecified atom stereocenters. The first-order valence-corrected chi connectivity index (χ1v) is 14.0. The van der Waals surface area contributed by atoms with E-state index < -0.39 is 35.8 Å². The van der Waals surface area contributed by atoms with Gasteiger partial charge in [-0.2, -0.15) is 8.42 Å². The molecule has 1 saturated carbocycles. The lowest BCUT2D eigenvalue weighted by Gasteiger charge is -2.32. The fourth-order valence-electron chi connectivity index (χ4n) is 4.00. The van der Waals surface area contributed by atoms with Gasteiger partial charge in [-0.3, -0.25) is 0 Å². The molecule has 0 aliphatic heterocycles. The predicted molar refractivity (Wildman–Crippen MR) is 119 cm³/mol. The molecule has 1 aromatic rings. The summed E-state index contributed by atoms with van der Waals surface area (Å²) in [5.41, 5.74) is -0.430. The summed E-state index contributed by atoms with van der Waals surface area (Å²) in [7, 11) is -6.23. The average molecular weight is 474 g/mol. The third-order valence-corrected chi connectivity index (χ3v) is 8.24. The smallest absolute Gasteiger partial charge is 0.371 e. The molecule has 0 bridgehead atoms. The van der Waals surface area contributed by atoms with Crippen molar-refractivity contribution in [3.8, 4) is 0 Å². The van der Waals surface area contributed by atoms with Crippen LogP contribution in [-0.2, 0) is 33.1 Å². The lowest BCUT2D eigenvalue weighted by molar-refractivity contribution is -0.171. The highest BCUT2D eigenvalue weighted by molar-refractivity contribution is 7.87. The summed E-state index contributed by atoms with van der Waals surface area (Å²) in [6.07, 6.45) is 5.13. The third kappa shape index (κ3) is 7.63. The van der Waals surface area contributed by atoms with E-state index in [1.54, 1.807) is 26.0 Å². The van der Waals surface area contributed by atoms with Crippen molar-refractivity contribution in [3.05, 3.63) is 29.8 Å². The highest BCUT2D eigenvalue weighted by Gasteiger charge is 2.49. The van der Waals surface area contributed by atoms with Gasteiger partial charge in [-0.15, -0.1) is 0 Å². The van der Waals surface area contributed by atoms with E-state index in [0.29, 0.717) is 6.42 Å². The summed E-state index contributed by atoms with van der Waals surface area (Å²) in [5, 5.41) is 0. The Morgan fingerprint density at radius 2 is 1.74 bits per heavy atom. The van der Waals surface area contributed by atoms with Gasteiger partial charge in [0.15, 0.2) is 6.16 Å². The van der Waals surface area contributed by atoms with Crippen molar-refractivity contribution < 1.29 is 31.4 Å². The summed E-state index contributed by atoms with van der Waals surface area (Å²) in [5.74, 6) is -0.252. The number of ether oxygens (including phenoxy) is 2. The number of rotatable bonds is 12. The molecule has 2 rings (SSSR count). The minimum absolute atomic E-state index is 0.00479. The number of hydrogen-bond acceptors (Lipinski definition) is 7. The summed E-state index contributed by atoms with van der Waals surface area (Å²) in [6.45, 7) is 5.79. The van der Waals surface area contributed by atoms with Crippen molar-refractivity contribution in [3.63, 3.8) is 0 Å². The zero-order valence-electron chi connectivity index (χ0n) is 18.7. The Morgan fingerprint density at radius 3 is 2.32 bits per heavy atom. The molecule has 1 aliphatic rings. The fourth-order valence-corrected chi connectivity index (χ4v) is 6.65. The molecule has 2 atom stereocenters. The maximum atomic E-state index is 12.9. The molecule has 1 aromatic carbocycles. The summed E-state index contributed by atoms with van der Waals surface area (Å²) < 4.78 is 53.9. The molecule has 0 radical (unpaired) electrons. The quantitative estimate of drug-likeness (QED) is 0.245. The molecule has 174 valence electrons. The van der Waals surface area contributed by atoms with Gasteiger partial charge in [0.25, 0.3) is 6.35 Å². The van der Waals surface area contributed by atoms with E-state index >= 15 is 0 Å². The Morgan fingerprint density at radius 1 is 1.10 bits per heavy atom. The second kappa shape index (κ2) is 12.0. The molecule has 31 heavy (non-hydrogen) atoms. The van der Waals surface area contributed by atoms with Crippen LogP contribution in [0.25, 0.3) is 0 Å². The van der Waals surface area contributed by atoms with Gasteiger partial charge in [0, 0.05) is 6.61 Å². The van der Waals surface area contributed by atoms with Crippen molar-refractivity contribution >= 4 is 23.9 Å². The Balaban J connectivity index is 2.12. The lowest BCUT2D eigenvalue weighted by Crippen LogP contribution is -2.47. The monoisotopic (exact) mass is 473 g/mol. The van der Waals surface area contributed by atoms with Crippen molar-refractivity contribution in [2.24, 2.45) is 5.92 Å². The van der Waals surface area contributed by atoms with E-state index in [1.165, 1.54) is 18.6 Å². The molecular weight excluding hydrogens is 439 g/mol. The number of benzene rings is 1. The number of aryl methyl sites for hydroxylation is 1. The molecule has 1 fully saturated rings. The molecule has 0 heterocycles. The topological polar surface area (TPSA) is 96.0 Å². The summed E-state index contributed by atoms with van der Waals surface area (Å²) in [6, 6.07) is 6.23. The Hall–Kier alpha value is -1.34. The molecule has 1 aliphatic carbocycles. The molecule has 0 amide bonds. The second-order valence-electron chi connectivity index (χ2n) is 8.01. The van der Waals surface area contributed by atoms with E-state index in [-0.39, 0.29) is 30.2 Å². The molecular formula is C22H34O7PS+. The maximum Gasteiger partial charge on any atom is 0.371 e. The minimum Gasteiger partial charge on any atom is -0.464 e. The van der Waals surface area contributed by atoms with Gasteiger partial charge in [-0.05, 0) is 45.2 Å². The van der Waals surface area contributed by atoms with Gasteiger partial charge < -0.3 is 9.47 Å². The van der Waals surface area contributed by atoms with Crippen LogP contribution in [0.4, 0.5) is 0 Å². The van der Waals surface area contributed by atoms with Crippen LogP contribution in [0.2, 0.25) is 0 Å². The predicted octanol–water partition coefficient (Wildman–Crippen LogP) is 4.79. The Bertz CT molecular complexity index is 832. The first-order valence-electron chi connectivity index (χ1n) is 10.9. The van der Waals surface area contributed by atoms with Gasteiger partial charge in [-0.1, -0.05) is 54.4 Å². The highest BCUT2D eigenvalue weighted by Crippen LogP contribution is 2.39. The SMILES string of the molecule is CCOC(=O)C(CC1CCCCC1)(C[P+](=O)COS(=O)(=O)c1ccc(C)cc1)OCC. The zero-order chi connectivity index (χ0) is 22.9. The number of esters is 1. The number of carbonyl (C=O) groups excluding carboxylic acids is 1. The molecule has 0 N–H and O–H groups in total. The van der Waals surface area contributed by atoms with E-state index in [1.807, 2.05) is 6.92 Å². The van der Waals surface area contributed by atoms with Gasteiger partial charge in [0.1, 0.15) is 0 Å². The van der Waals surface area contributed by atoms with Crippen molar-refractivity contribution in [2.75, 3.05) is 25.7 Å².